The topological polar surface area (TPSA) is 51.5 Å². The maximum atomic E-state index is 11.5. The predicted octanol–water partition coefficient (Wildman–Crippen LogP) is 2.74. The lowest BCUT2D eigenvalue weighted by Crippen LogP contribution is -2.27. The molecule has 1 heterocycles. The lowest BCUT2D eigenvalue weighted by Gasteiger charge is -2.06. The summed E-state index contributed by atoms with van der Waals surface area (Å²) < 4.78 is 10.2. The molecule has 4 nitrogen and oxygen atoms in total. The molecule has 0 bridgehead atoms. The Morgan fingerprint density at radius 1 is 1.28 bits per heavy atom. The monoisotopic (exact) mass is 265 g/mol. The number of benzene rings is 1. The van der Waals surface area contributed by atoms with Crippen LogP contribution in [0.25, 0.3) is 0 Å². The summed E-state index contributed by atoms with van der Waals surface area (Å²) >= 11 is 5.75. The van der Waals surface area contributed by atoms with E-state index in [9.17, 15) is 4.79 Å². The van der Waals surface area contributed by atoms with Crippen LogP contribution < -0.4 is 10.1 Å². The number of carbonyl (C=O) groups excluding carboxylic acids is 1. The van der Waals surface area contributed by atoms with E-state index in [2.05, 4.69) is 5.32 Å². The third-order valence-corrected chi connectivity index (χ3v) is 2.51. The van der Waals surface area contributed by atoms with Crippen molar-refractivity contribution >= 4 is 17.5 Å². The van der Waals surface area contributed by atoms with Crippen LogP contribution in [0.1, 0.15) is 10.4 Å². The standard InChI is InChI=1S/C13H12ClNO3/c14-11-1-3-12(4-2-11)18-8-6-15-13(16)10-5-7-17-9-10/h1-5,7,9H,6,8H2,(H,15,16). The van der Waals surface area contributed by atoms with Crippen LogP contribution in [-0.2, 0) is 0 Å². The number of rotatable bonds is 5. The Hall–Kier alpha value is -1.94. The molecule has 0 radical (unpaired) electrons. The summed E-state index contributed by atoms with van der Waals surface area (Å²) in [6.45, 7) is 0.817. The van der Waals surface area contributed by atoms with Crippen molar-refractivity contribution in [1.29, 1.82) is 0 Å². The quantitative estimate of drug-likeness (QED) is 0.846. The van der Waals surface area contributed by atoms with Crippen molar-refractivity contribution in [2.24, 2.45) is 0 Å². The van der Waals surface area contributed by atoms with Crippen molar-refractivity contribution in [3.05, 3.63) is 53.4 Å². The molecule has 0 unspecified atom stereocenters. The van der Waals surface area contributed by atoms with Gasteiger partial charge in [-0.3, -0.25) is 4.79 Å². The zero-order valence-electron chi connectivity index (χ0n) is 9.56. The number of ether oxygens (including phenoxy) is 1. The van der Waals surface area contributed by atoms with E-state index in [0.717, 1.165) is 5.75 Å². The fraction of sp³-hybridized carbons (Fsp3) is 0.154. The molecule has 1 amide bonds. The maximum absolute atomic E-state index is 11.5. The van der Waals surface area contributed by atoms with Gasteiger partial charge in [0.15, 0.2) is 0 Å². The SMILES string of the molecule is O=C(NCCOc1ccc(Cl)cc1)c1ccoc1. The van der Waals surface area contributed by atoms with Crippen LogP contribution in [0.2, 0.25) is 5.02 Å². The number of nitrogens with one attached hydrogen (secondary N) is 1. The van der Waals surface area contributed by atoms with Gasteiger partial charge in [-0.1, -0.05) is 11.6 Å². The van der Waals surface area contributed by atoms with Gasteiger partial charge in [0.05, 0.1) is 18.4 Å². The molecule has 0 aliphatic rings. The lowest BCUT2D eigenvalue weighted by atomic mass is 10.3. The molecule has 0 fully saturated rings. The first kappa shape index (κ1) is 12.5. The summed E-state index contributed by atoms with van der Waals surface area (Å²) in [7, 11) is 0. The molecule has 5 heteroatoms. The Kier molecular flexibility index (Phi) is 4.25. The summed E-state index contributed by atoms with van der Waals surface area (Å²) in [5.41, 5.74) is 0.501. The molecule has 0 aliphatic heterocycles. The summed E-state index contributed by atoms with van der Waals surface area (Å²) in [6, 6.07) is 8.66. The molecule has 1 N–H and O–H groups in total. The minimum Gasteiger partial charge on any atom is -0.492 e. The summed E-state index contributed by atoms with van der Waals surface area (Å²) in [4.78, 5) is 11.5. The van der Waals surface area contributed by atoms with E-state index in [0.29, 0.717) is 23.7 Å². The Balaban J connectivity index is 1.70. The van der Waals surface area contributed by atoms with E-state index in [-0.39, 0.29) is 5.91 Å². The van der Waals surface area contributed by atoms with E-state index in [1.165, 1.54) is 12.5 Å². The Labute approximate surface area is 110 Å². The van der Waals surface area contributed by atoms with Crippen LogP contribution in [-0.4, -0.2) is 19.1 Å². The van der Waals surface area contributed by atoms with Crippen molar-refractivity contribution in [3.63, 3.8) is 0 Å². The summed E-state index contributed by atoms with van der Waals surface area (Å²) in [5.74, 6) is 0.542. The maximum Gasteiger partial charge on any atom is 0.254 e. The molecule has 0 saturated heterocycles. The van der Waals surface area contributed by atoms with Crippen molar-refractivity contribution in [3.8, 4) is 5.75 Å². The van der Waals surface area contributed by atoms with Crippen molar-refractivity contribution in [1.82, 2.24) is 5.32 Å². The minimum absolute atomic E-state index is 0.177. The number of hydrogen-bond acceptors (Lipinski definition) is 3. The lowest BCUT2D eigenvalue weighted by molar-refractivity contribution is 0.0946. The first-order valence-corrected chi connectivity index (χ1v) is 5.82. The van der Waals surface area contributed by atoms with Crippen LogP contribution >= 0.6 is 11.6 Å². The number of hydrogen-bond donors (Lipinski definition) is 1. The van der Waals surface area contributed by atoms with E-state index < -0.39 is 0 Å². The fourth-order valence-corrected chi connectivity index (χ4v) is 1.49. The van der Waals surface area contributed by atoms with Gasteiger partial charge < -0.3 is 14.5 Å². The van der Waals surface area contributed by atoms with E-state index in [1.807, 2.05) is 0 Å². The molecule has 94 valence electrons. The number of furan rings is 1. The summed E-state index contributed by atoms with van der Waals surface area (Å²) in [6.07, 6.45) is 2.86. The highest BCUT2D eigenvalue weighted by Crippen LogP contribution is 2.15. The minimum atomic E-state index is -0.177. The Morgan fingerprint density at radius 3 is 2.72 bits per heavy atom. The van der Waals surface area contributed by atoms with Crippen LogP contribution in [0, 0.1) is 0 Å². The first-order valence-electron chi connectivity index (χ1n) is 5.44. The zero-order chi connectivity index (χ0) is 12.8. The molecule has 0 aliphatic carbocycles. The number of carbonyl (C=O) groups is 1. The molecule has 0 saturated carbocycles. The average Bonchev–Trinajstić information content (AvgIpc) is 2.90. The van der Waals surface area contributed by atoms with Crippen LogP contribution in [0.3, 0.4) is 0 Å². The van der Waals surface area contributed by atoms with Crippen molar-refractivity contribution < 1.29 is 13.9 Å². The normalized spacial score (nSPS) is 10.1. The fourth-order valence-electron chi connectivity index (χ4n) is 1.36. The molecular weight excluding hydrogens is 254 g/mol. The molecular formula is C13H12ClNO3. The second-order valence-corrected chi connectivity index (χ2v) is 4.01. The van der Waals surface area contributed by atoms with Gasteiger partial charge in [0, 0.05) is 5.02 Å². The van der Waals surface area contributed by atoms with Crippen molar-refractivity contribution in [2.45, 2.75) is 0 Å². The highest BCUT2D eigenvalue weighted by atomic mass is 35.5. The van der Waals surface area contributed by atoms with Gasteiger partial charge in [-0.25, -0.2) is 0 Å². The first-order chi connectivity index (χ1) is 8.75. The molecule has 0 atom stereocenters. The molecule has 1 aromatic heterocycles. The Bertz CT molecular complexity index is 493. The van der Waals surface area contributed by atoms with Gasteiger partial charge >= 0.3 is 0 Å². The van der Waals surface area contributed by atoms with Gasteiger partial charge in [0.25, 0.3) is 5.91 Å². The predicted molar refractivity (Wildman–Crippen MR) is 68.0 cm³/mol. The smallest absolute Gasteiger partial charge is 0.254 e. The van der Waals surface area contributed by atoms with Gasteiger partial charge in [-0.05, 0) is 30.3 Å². The van der Waals surface area contributed by atoms with Gasteiger partial charge in [0.2, 0.25) is 0 Å². The highest BCUT2D eigenvalue weighted by Gasteiger charge is 2.05. The van der Waals surface area contributed by atoms with Gasteiger partial charge in [0.1, 0.15) is 18.6 Å². The van der Waals surface area contributed by atoms with E-state index in [1.54, 1.807) is 30.3 Å². The molecule has 2 aromatic rings. The van der Waals surface area contributed by atoms with Gasteiger partial charge in [-0.15, -0.1) is 0 Å². The third kappa shape index (κ3) is 3.53. The van der Waals surface area contributed by atoms with E-state index >= 15 is 0 Å². The molecule has 2 rings (SSSR count). The van der Waals surface area contributed by atoms with E-state index in [4.69, 9.17) is 20.8 Å². The zero-order valence-corrected chi connectivity index (χ0v) is 10.3. The Morgan fingerprint density at radius 2 is 2.06 bits per heavy atom. The van der Waals surface area contributed by atoms with Crippen LogP contribution in [0.15, 0.2) is 47.3 Å². The number of amides is 1. The third-order valence-electron chi connectivity index (χ3n) is 2.25. The van der Waals surface area contributed by atoms with Crippen LogP contribution in [0.5, 0.6) is 5.75 Å². The molecule has 0 spiro atoms. The average molecular weight is 266 g/mol. The van der Waals surface area contributed by atoms with Crippen molar-refractivity contribution in [2.75, 3.05) is 13.2 Å². The van der Waals surface area contributed by atoms with Crippen LogP contribution in [0.4, 0.5) is 0 Å². The second-order valence-electron chi connectivity index (χ2n) is 3.57. The number of halogens is 1. The highest BCUT2D eigenvalue weighted by molar-refractivity contribution is 6.30. The molecule has 18 heavy (non-hydrogen) atoms. The summed E-state index contributed by atoms with van der Waals surface area (Å²) in [5, 5.41) is 3.38. The van der Waals surface area contributed by atoms with Gasteiger partial charge in [-0.2, -0.15) is 0 Å². The molecule has 1 aromatic carbocycles. The largest absolute Gasteiger partial charge is 0.492 e. The second kappa shape index (κ2) is 6.12.